The van der Waals surface area contributed by atoms with E-state index in [0.29, 0.717) is 18.7 Å². The first kappa shape index (κ1) is 20.3. The lowest BCUT2D eigenvalue weighted by Gasteiger charge is -2.32. The van der Waals surface area contributed by atoms with Crippen LogP contribution < -0.4 is 9.64 Å². The molecule has 1 aromatic heterocycles. The van der Waals surface area contributed by atoms with Crippen LogP contribution in [0.3, 0.4) is 0 Å². The van der Waals surface area contributed by atoms with Gasteiger partial charge < -0.3 is 14.5 Å². The molecule has 0 amide bonds. The van der Waals surface area contributed by atoms with Crippen LogP contribution >= 0.6 is 0 Å². The lowest BCUT2D eigenvalue weighted by molar-refractivity contribution is 0.187. The Morgan fingerprint density at radius 2 is 1.94 bits per heavy atom. The van der Waals surface area contributed by atoms with Gasteiger partial charge in [0.2, 0.25) is 0 Å². The Kier molecular flexibility index (Phi) is 5.53. The molecule has 0 radical (unpaired) electrons. The SMILES string of the molecule is CCc1nc(OCC2CCCN2C)nc2c1CCN(c1cccc3cccc(C)c13)C2. The molecule has 0 spiro atoms. The van der Waals surface area contributed by atoms with Gasteiger partial charge in [-0.2, -0.15) is 9.97 Å². The number of benzene rings is 2. The summed E-state index contributed by atoms with van der Waals surface area (Å²) in [6.45, 7) is 8.00. The third-order valence-electron chi connectivity index (χ3n) is 6.97. The van der Waals surface area contributed by atoms with Crippen LogP contribution in [0.2, 0.25) is 0 Å². The summed E-state index contributed by atoms with van der Waals surface area (Å²) in [7, 11) is 2.18. The molecule has 5 nitrogen and oxygen atoms in total. The second-order valence-electron chi connectivity index (χ2n) is 8.94. The van der Waals surface area contributed by atoms with Crippen molar-refractivity contribution in [3.05, 3.63) is 58.9 Å². The van der Waals surface area contributed by atoms with Gasteiger partial charge in [-0.3, -0.25) is 0 Å². The van der Waals surface area contributed by atoms with Crippen LogP contribution in [-0.4, -0.2) is 47.7 Å². The molecule has 0 aliphatic carbocycles. The van der Waals surface area contributed by atoms with Gasteiger partial charge in [-0.1, -0.05) is 37.3 Å². The van der Waals surface area contributed by atoms with Crippen molar-refractivity contribution in [2.24, 2.45) is 0 Å². The van der Waals surface area contributed by atoms with Gasteiger partial charge in [-0.25, -0.2) is 0 Å². The van der Waals surface area contributed by atoms with Crippen molar-refractivity contribution < 1.29 is 4.74 Å². The quantitative estimate of drug-likeness (QED) is 0.611. The number of hydrogen-bond acceptors (Lipinski definition) is 5. The van der Waals surface area contributed by atoms with E-state index < -0.39 is 0 Å². The van der Waals surface area contributed by atoms with Gasteiger partial charge in [0.15, 0.2) is 0 Å². The van der Waals surface area contributed by atoms with Gasteiger partial charge in [-0.15, -0.1) is 0 Å². The zero-order chi connectivity index (χ0) is 21.4. The number of ether oxygens (including phenoxy) is 1. The van der Waals surface area contributed by atoms with E-state index in [1.165, 1.54) is 40.4 Å². The number of hydrogen-bond donors (Lipinski definition) is 0. The molecule has 2 aliphatic rings. The summed E-state index contributed by atoms with van der Waals surface area (Å²) in [5.41, 5.74) is 6.21. The minimum Gasteiger partial charge on any atom is -0.462 e. The van der Waals surface area contributed by atoms with Crippen LogP contribution in [0, 0.1) is 6.92 Å². The number of anilines is 1. The van der Waals surface area contributed by atoms with Crippen molar-refractivity contribution in [3.8, 4) is 6.01 Å². The van der Waals surface area contributed by atoms with E-state index in [1.807, 2.05) is 0 Å². The van der Waals surface area contributed by atoms with Crippen molar-refractivity contribution in [1.29, 1.82) is 0 Å². The molecular weight excluding hydrogens is 384 g/mol. The average molecular weight is 417 g/mol. The monoisotopic (exact) mass is 416 g/mol. The third-order valence-corrected chi connectivity index (χ3v) is 6.97. The van der Waals surface area contributed by atoms with Crippen molar-refractivity contribution in [3.63, 3.8) is 0 Å². The Hall–Kier alpha value is -2.66. The average Bonchev–Trinajstić information content (AvgIpc) is 3.21. The van der Waals surface area contributed by atoms with Gasteiger partial charge in [0, 0.05) is 23.7 Å². The zero-order valence-corrected chi connectivity index (χ0v) is 18.9. The van der Waals surface area contributed by atoms with E-state index in [0.717, 1.165) is 43.9 Å². The molecule has 1 unspecified atom stereocenters. The number of likely N-dealkylation sites (N-methyl/N-ethyl adjacent to an activating group) is 1. The summed E-state index contributed by atoms with van der Waals surface area (Å²) in [4.78, 5) is 14.5. The number of aromatic nitrogens is 2. The molecule has 0 N–H and O–H groups in total. The van der Waals surface area contributed by atoms with Gasteiger partial charge >= 0.3 is 6.01 Å². The Balaban J connectivity index is 1.44. The summed E-state index contributed by atoms with van der Waals surface area (Å²) in [5, 5.41) is 2.64. The predicted octanol–water partition coefficient (Wildman–Crippen LogP) is 4.54. The standard InChI is InChI=1S/C26H32N4O/c1-4-22-21-13-15-30(24-12-6-10-19-9-5-8-18(2)25(19)24)16-23(21)28-26(27-22)31-17-20-11-7-14-29(20)3/h5-6,8-10,12,20H,4,7,11,13-17H2,1-3H3. The molecule has 5 heteroatoms. The molecule has 1 saturated heterocycles. The van der Waals surface area contributed by atoms with Gasteiger partial charge in [-0.05, 0) is 68.8 Å². The number of likely N-dealkylation sites (tertiary alicyclic amines) is 1. The van der Waals surface area contributed by atoms with Gasteiger partial charge in [0.1, 0.15) is 6.61 Å². The Labute approximate surface area is 185 Å². The zero-order valence-electron chi connectivity index (χ0n) is 18.9. The maximum Gasteiger partial charge on any atom is 0.316 e. The van der Waals surface area contributed by atoms with Crippen molar-refractivity contribution in [2.75, 3.05) is 31.6 Å². The molecule has 1 atom stereocenters. The molecule has 1 fully saturated rings. The highest BCUT2D eigenvalue weighted by Gasteiger charge is 2.25. The largest absolute Gasteiger partial charge is 0.462 e. The fraction of sp³-hybridized carbons (Fsp3) is 0.462. The molecule has 162 valence electrons. The number of nitrogens with zero attached hydrogens (tertiary/aromatic N) is 4. The van der Waals surface area contributed by atoms with Crippen LogP contribution in [0.5, 0.6) is 6.01 Å². The van der Waals surface area contributed by atoms with Crippen LogP contribution in [0.15, 0.2) is 36.4 Å². The minimum absolute atomic E-state index is 0.472. The summed E-state index contributed by atoms with van der Waals surface area (Å²) >= 11 is 0. The van der Waals surface area contributed by atoms with Crippen molar-refractivity contribution in [2.45, 2.75) is 52.1 Å². The number of rotatable bonds is 5. The molecule has 0 bridgehead atoms. The first-order valence-electron chi connectivity index (χ1n) is 11.6. The summed E-state index contributed by atoms with van der Waals surface area (Å²) in [6, 6.07) is 14.2. The molecule has 3 heterocycles. The molecule has 0 saturated carbocycles. The van der Waals surface area contributed by atoms with E-state index in [1.54, 1.807) is 0 Å². The molecular formula is C26H32N4O. The highest BCUT2D eigenvalue weighted by molar-refractivity contribution is 5.96. The summed E-state index contributed by atoms with van der Waals surface area (Å²) < 4.78 is 6.12. The summed E-state index contributed by atoms with van der Waals surface area (Å²) in [5.74, 6) is 0. The highest BCUT2D eigenvalue weighted by atomic mass is 16.5. The van der Waals surface area contributed by atoms with Crippen molar-refractivity contribution in [1.82, 2.24) is 14.9 Å². The number of fused-ring (bicyclic) bond motifs is 2. The van der Waals surface area contributed by atoms with Gasteiger partial charge in [0.25, 0.3) is 0 Å². The number of aryl methyl sites for hydroxylation is 2. The minimum atomic E-state index is 0.472. The molecule has 31 heavy (non-hydrogen) atoms. The fourth-order valence-electron chi connectivity index (χ4n) is 5.18. The third kappa shape index (κ3) is 3.87. The Bertz CT molecular complexity index is 1090. The van der Waals surface area contributed by atoms with E-state index in [2.05, 4.69) is 67.1 Å². The van der Waals surface area contributed by atoms with Crippen LogP contribution in [0.1, 0.15) is 42.3 Å². The molecule has 2 aromatic carbocycles. The van der Waals surface area contributed by atoms with E-state index in [4.69, 9.17) is 14.7 Å². The second kappa shape index (κ2) is 8.46. The first-order chi connectivity index (χ1) is 15.1. The maximum absolute atomic E-state index is 6.12. The van der Waals surface area contributed by atoms with Crippen LogP contribution in [0.4, 0.5) is 5.69 Å². The topological polar surface area (TPSA) is 41.5 Å². The van der Waals surface area contributed by atoms with Crippen LogP contribution in [0.25, 0.3) is 10.8 Å². The van der Waals surface area contributed by atoms with Gasteiger partial charge in [0.05, 0.1) is 17.9 Å². The smallest absolute Gasteiger partial charge is 0.316 e. The first-order valence-corrected chi connectivity index (χ1v) is 11.6. The Morgan fingerprint density at radius 3 is 2.71 bits per heavy atom. The molecule has 5 rings (SSSR count). The lowest BCUT2D eigenvalue weighted by Crippen LogP contribution is -2.33. The molecule has 2 aliphatic heterocycles. The second-order valence-corrected chi connectivity index (χ2v) is 8.94. The fourth-order valence-corrected chi connectivity index (χ4v) is 5.18. The highest BCUT2D eigenvalue weighted by Crippen LogP contribution is 2.33. The van der Waals surface area contributed by atoms with E-state index in [9.17, 15) is 0 Å². The van der Waals surface area contributed by atoms with E-state index in [-0.39, 0.29) is 0 Å². The van der Waals surface area contributed by atoms with Crippen molar-refractivity contribution >= 4 is 16.5 Å². The normalized spacial score (nSPS) is 19.1. The lowest BCUT2D eigenvalue weighted by atomic mass is 9.98. The summed E-state index contributed by atoms with van der Waals surface area (Å²) in [6.07, 6.45) is 4.33. The predicted molar refractivity (Wildman–Crippen MR) is 126 cm³/mol. The molecule has 3 aromatic rings. The van der Waals surface area contributed by atoms with Crippen LogP contribution in [-0.2, 0) is 19.4 Å². The Morgan fingerprint density at radius 1 is 1.10 bits per heavy atom. The van der Waals surface area contributed by atoms with E-state index >= 15 is 0 Å². The maximum atomic E-state index is 6.12.